The molecule has 0 bridgehead atoms. The van der Waals surface area contributed by atoms with Gasteiger partial charge in [0.15, 0.2) is 8.32 Å². The van der Waals surface area contributed by atoms with Crippen molar-refractivity contribution in [2.75, 3.05) is 6.54 Å². The van der Waals surface area contributed by atoms with Crippen LogP contribution in [0.3, 0.4) is 0 Å². The monoisotopic (exact) mass is 317 g/mol. The van der Waals surface area contributed by atoms with Crippen LogP contribution in [0.4, 0.5) is 4.79 Å². The maximum Gasteiger partial charge on any atom is 0.412 e. The molecule has 0 radical (unpaired) electrons. The van der Waals surface area contributed by atoms with Crippen LogP contribution >= 0.6 is 0 Å². The molecular formula is C15H31NO4Si. The van der Waals surface area contributed by atoms with Crippen LogP contribution in [-0.4, -0.2) is 48.9 Å². The molecule has 0 aromatic carbocycles. The van der Waals surface area contributed by atoms with Gasteiger partial charge in [0.25, 0.3) is 0 Å². The number of rotatable bonds is 2. The lowest BCUT2D eigenvalue weighted by Gasteiger charge is -2.38. The summed E-state index contributed by atoms with van der Waals surface area (Å²) in [4.78, 5) is 13.4. The number of aliphatic hydroxyl groups excluding tert-OH is 1. The largest absolute Gasteiger partial charge is 0.444 e. The molecule has 1 heterocycles. The van der Waals surface area contributed by atoms with Gasteiger partial charge in [-0.1, -0.05) is 20.8 Å². The molecule has 1 rings (SSSR count). The number of aliphatic hydroxyl groups is 1. The van der Waals surface area contributed by atoms with Crippen LogP contribution in [0, 0.1) is 0 Å². The molecule has 0 spiro atoms. The first kappa shape index (κ1) is 18.5. The van der Waals surface area contributed by atoms with Crippen LogP contribution in [0.15, 0.2) is 0 Å². The van der Waals surface area contributed by atoms with Crippen LogP contribution in [-0.2, 0) is 9.16 Å². The highest BCUT2D eigenvalue weighted by Crippen LogP contribution is 2.38. The highest BCUT2D eigenvalue weighted by Gasteiger charge is 2.43. The maximum atomic E-state index is 12.1. The van der Waals surface area contributed by atoms with Crippen LogP contribution in [0.5, 0.6) is 0 Å². The lowest BCUT2D eigenvalue weighted by atomic mass is 10.2. The molecule has 124 valence electrons. The number of carbonyl (C=O) groups excluding carboxylic acids is 1. The average Bonchev–Trinajstić information content (AvgIpc) is 2.54. The predicted octanol–water partition coefficient (Wildman–Crippen LogP) is 3.34. The molecule has 1 aliphatic rings. The van der Waals surface area contributed by atoms with E-state index in [1.165, 1.54) is 4.90 Å². The van der Waals surface area contributed by atoms with Crippen LogP contribution in [0.2, 0.25) is 18.1 Å². The van der Waals surface area contributed by atoms with Crippen molar-refractivity contribution >= 4 is 14.4 Å². The molecule has 21 heavy (non-hydrogen) atoms. The Kier molecular flexibility index (Phi) is 5.18. The third-order valence-corrected chi connectivity index (χ3v) is 8.66. The van der Waals surface area contributed by atoms with E-state index in [1.54, 1.807) is 0 Å². The van der Waals surface area contributed by atoms with Gasteiger partial charge in [0.1, 0.15) is 11.8 Å². The molecule has 1 aliphatic heterocycles. The second-order valence-electron chi connectivity index (χ2n) is 8.35. The van der Waals surface area contributed by atoms with Crippen molar-refractivity contribution < 1.29 is 19.1 Å². The molecule has 6 heteroatoms. The molecule has 5 nitrogen and oxygen atoms in total. The first-order chi connectivity index (χ1) is 9.23. The Hall–Kier alpha value is -0.593. The van der Waals surface area contributed by atoms with E-state index in [2.05, 4.69) is 33.9 Å². The van der Waals surface area contributed by atoms with Gasteiger partial charge in [-0.25, -0.2) is 4.79 Å². The number of ether oxygens (including phenoxy) is 1. The van der Waals surface area contributed by atoms with E-state index in [1.807, 2.05) is 20.8 Å². The minimum absolute atomic E-state index is 0.108. The van der Waals surface area contributed by atoms with Gasteiger partial charge < -0.3 is 14.3 Å². The summed E-state index contributed by atoms with van der Waals surface area (Å²) in [6.45, 7) is 16.7. The maximum absolute atomic E-state index is 12.1. The summed E-state index contributed by atoms with van der Waals surface area (Å²) in [7, 11) is -1.90. The normalized spacial score (nSPS) is 24.3. The van der Waals surface area contributed by atoms with E-state index in [9.17, 15) is 9.90 Å². The molecule has 0 aliphatic carbocycles. The van der Waals surface area contributed by atoms with Crippen LogP contribution in [0.25, 0.3) is 0 Å². The van der Waals surface area contributed by atoms with E-state index in [4.69, 9.17) is 9.16 Å². The van der Waals surface area contributed by atoms with Crippen molar-refractivity contribution in [3.63, 3.8) is 0 Å². The summed E-state index contributed by atoms with van der Waals surface area (Å²) in [6.07, 6.45) is -0.967. The highest BCUT2D eigenvalue weighted by atomic mass is 28.4. The Morgan fingerprint density at radius 2 is 1.71 bits per heavy atom. The number of likely N-dealkylation sites (tertiary alicyclic amines) is 1. The predicted molar refractivity (Wildman–Crippen MR) is 85.6 cm³/mol. The van der Waals surface area contributed by atoms with Gasteiger partial charge in [0.05, 0.1) is 12.6 Å². The number of hydrogen-bond acceptors (Lipinski definition) is 4. The van der Waals surface area contributed by atoms with Crippen LogP contribution in [0.1, 0.15) is 48.0 Å². The smallest absolute Gasteiger partial charge is 0.412 e. The molecule has 1 N–H and O–H groups in total. The summed E-state index contributed by atoms with van der Waals surface area (Å²) in [5.74, 6) is 0. The summed E-state index contributed by atoms with van der Waals surface area (Å²) in [5.41, 5.74) is -0.560. The summed E-state index contributed by atoms with van der Waals surface area (Å²) < 4.78 is 11.6. The average molecular weight is 318 g/mol. The zero-order valence-electron chi connectivity index (χ0n) is 14.7. The Bertz CT molecular complexity index is 384. The molecule has 1 fully saturated rings. The van der Waals surface area contributed by atoms with Crippen molar-refractivity contribution in [2.24, 2.45) is 0 Å². The first-order valence-corrected chi connectivity index (χ1v) is 10.5. The quantitative estimate of drug-likeness (QED) is 0.794. The van der Waals surface area contributed by atoms with E-state index in [0.29, 0.717) is 13.0 Å². The van der Waals surface area contributed by atoms with Gasteiger partial charge in [-0.2, -0.15) is 0 Å². The molecule has 0 aromatic rings. The van der Waals surface area contributed by atoms with Crippen molar-refractivity contribution in [1.82, 2.24) is 4.90 Å². The summed E-state index contributed by atoms with van der Waals surface area (Å²) >= 11 is 0. The van der Waals surface area contributed by atoms with Crippen molar-refractivity contribution in [3.05, 3.63) is 0 Å². The molecule has 1 saturated heterocycles. The lowest BCUT2D eigenvalue weighted by molar-refractivity contribution is -0.0129. The molecule has 0 saturated carbocycles. The van der Waals surface area contributed by atoms with Gasteiger partial charge in [-0.15, -0.1) is 0 Å². The van der Waals surface area contributed by atoms with E-state index in [0.717, 1.165) is 0 Å². The Labute approximate surface area is 129 Å². The lowest BCUT2D eigenvalue weighted by Crippen LogP contribution is -2.45. The minimum Gasteiger partial charge on any atom is -0.444 e. The number of hydrogen-bond donors (Lipinski definition) is 1. The Balaban J connectivity index is 2.67. The highest BCUT2D eigenvalue weighted by molar-refractivity contribution is 6.74. The molecule has 0 aromatic heterocycles. The van der Waals surface area contributed by atoms with Crippen molar-refractivity contribution in [2.45, 2.75) is 84.0 Å². The fourth-order valence-electron chi connectivity index (χ4n) is 1.97. The van der Waals surface area contributed by atoms with E-state index < -0.39 is 26.2 Å². The fraction of sp³-hybridized carbons (Fsp3) is 0.933. The van der Waals surface area contributed by atoms with Gasteiger partial charge in [-0.3, -0.25) is 4.90 Å². The topological polar surface area (TPSA) is 59.0 Å². The zero-order valence-corrected chi connectivity index (χ0v) is 15.7. The first-order valence-electron chi connectivity index (χ1n) is 7.58. The summed E-state index contributed by atoms with van der Waals surface area (Å²) in [6, 6.07) is 0. The SMILES string of the molecule is CC(C)(C)OC(=O)N1CC(O[Si](C)(C)C(C)(C)C)CC1O. The third kappa shape index (κ3) is 4.97. The zero-order chi connectivity index (χ0) is 16.6. The van der Waals surface area contributed by atoms with Crippen molar-refractivity contribution in [1.29, 1.82) is 0 Å². The molecule has 1 amide bonds. The third-order valence-electron chi connectivity index (χ3n) is 4.13. The number of carbonyl (C=O) groups is 1. The van der Waals surface area contributed by atoms with Gasteiger partial charge in [-0.05, 0) is 38.9 Å². The summed E-state index contributed by atoms with van der Waals surface area (Å²) in [5, 5.41) is 10.2. The Morgan fingerprint density at radius 3 is 2.14 bits per heavy atom. The molecule has 2 atom stereocenters. The van der Waals surface area contributed by atoms with E-state index >= 15 is 0 Å². The van der Waals surface area contributed by atoms with Gasteiger partial charge in [0, 0.05) is 6.42 Å². The van der Waals surface area contributed by atoms with Crippen LogP contribution < -0.4 is 0 Å². The molecular weight excluding hydrogens is 286 g/mol. The van der Waals surface area contributed by atoms with Crippen molar-refractivity contribution in [3.8, 4) is 0 Å². The molecule has 2 unspecified atom stereocenters. The second kappa shape index (κ2) is 5.89. The van der Waals surface area contributed by atoms with E-state index in [-0.39, 0.29) is 11.1 Å². The fourth-order valence-corrected chi connectivity index (χ4v) is 3.33. The number of nitrogens with zero attached hydrogens (tertiary/aromatic N) is 1. The Morgan fingerprint density at radius 1 is 1.19 bits per heavy atom. The minimum atomic E-state index is -1.90. The second-order valence-corrected chi connectivity index (χ2v) is 13.1. The van der Waals surface area contributed by atoms with Gasteiger partial charge >= 0.3 is 6.09 Å². The van der Waals surface area contributed by atoms with Gasteiger partial charge in [0.2, 0.25) is 0 Å². The standard InChI is InChI=1S/C15H31NO4Si/c1-14(2,3)19-13(18)16-10-11(9-12(16)17)20-21(7,8)15(4,5)6/h11-12,17H,9-10H2,1-8H3. The number of amides is 1.